The van der Waals surface area contributed by atoms with Crippen LogP contribution in [0.1, 0.15) is 30.4 Å². The molecule has 21 heavy (non-hydrogen) atoms. The Balaban J connectivity index is 1.75. The van der Waals surface area contributed by atoms with Gasteiger partial charge < -0.3 is 5.11 Å². The van der Waals surface area contributed by atoms with Crippen molar-refractivity contribution in [3.05, 3.63) is 29.3 Å². The second-order valence-electron chi connectivity index (χ2n) is 6.03. The molecule has 1 aliphatic carbocycles. The highest BCUT2D eigenvalue weighted by Gasteiger charge is 2.36. The number of aliphatic hydroxyl groups is 1. The fourth-order valence-electron chi connectivity index (χ4n) is 3.06. The molecule has 0 bridgehead atoms. The van der Waals surface area contributed by atoms with E-state index in [9.17, 15) is 13.5 Å². The van der Waals surface area contributed by atoms with Crippen LogP contribution < -0.4 is 4.72 Å². The normalized spacial score (nSPS) is 23.6. The van der Waals surface area contributed by atoms with Gasteiger partial charge in [-0.2, -0.15) is 0 Å². The van der Waals surface area contributed by atoms with E-state index in [4.69, 9.17) is 0 Å². The standard InChI is InChI=1S/C15H22N2O3S/c1-11-12(10-18)3-2-4-15(11)21(19,20)16-13-7-8-17(9-13)14-5-6-14/h2-4,13-14,16,18H,5-10H2,1H3. The molecular weight excluding hydrogens is 288 g/mol. The molecule has 2 fully saturated rings. The predicted molar refractivity (Wildman–Crippen MR) is 80.4 cm³/mol. The van der Waals surface area contributed by atoms with Gasteiger partial charge in [-0.05, 0) is 43.4 Å². The molecule has 2 aliphatic rings. The molecule has 1 aromatic rings. The number of likely N-dealkylation sites (tertiary alicyclic amines) is 1. The molecule has 1 aliphatic heterocycles. The molecule has 5 nitrogen and oxygen atoms in total. The Hall–Kier alpha value is -0.950. The highest BCUT2D eigenvalue weighted by Crippen LogP contribution is 2.30. The highest BCUT2D eigenvalue weighted by molar-refractivity contribution is 7.89. The summed E-state index contributed by atoms with van der Waals surface area (Å²) < 4.78 is 27.9. The largest absolute Gasteiger partial charge is 0.392 e. The molecule has 116 valence electrons. The molecule has 0 spiro atoms. The minimum atomic E-state index is -3.52. The van der Waals surface area contributed by atoms with Gasteiger partial charge in [-0.3, -0.25) is 4.90 Å². The van der Waals surface area contributed by atoms with Gasteiger partial charge in [-0.1, -0.05) is 12.1 Å². The van der Waals surface area contributed by atoms with E-state index in [-0.39, 0.29) is 17.5 Å². The first-order valence-corrected chi connectivity index (χ1v) is 8.95. The first-order chi connectivity index (χ1) is 10.0. The van der Waals surface area contributed by atoms with Gasteiger partial charge in [-0.25, -0.2) is 13.1 Å². The average Bonchev–Trinajstić information content (AvgIpc) is 3.20. The van der Waals surface area contributed by atoms with Crippen LogP contribution in [0.3, 0.4) is 0 Å². The summed E-state index contributed by atoms with van der Waals surface area (Å²) in [7, 11) is -3.52. The number of hydrogen-bond donors (Lipinski definition) is 2. The molecule has 6 heteroatoms. The van der Waals surface area contributed by atoms with Crippen molar-refractivity contribution in [1.82, 2.24) is 9.62 Å². The van der Waals surface area contributed by atoms with Crippen LogP contribution in [0, 0.1) is 6.92 Å². The number of aliphatic hydroxyl groups excluding tert-OH is 1. The van der Waals surface area contributed by atoms with Gasteiger partial charge in [0.25, 0.3) is 0 Å². The van der Waals surface area contributed by atoms with Gasteiger partial charge in [-0.15, -0.1) is 0 Å². The Morgan fingerprint density at radius 1 is 1.33 bits per heavy atom. The summed E-state index contributed by atoms with van der Waals surface area (Å²) in [5.41, 5.74) is 1.29. The Kier molecular flexibility index (Phi) is 4.05. The van der Waals surface area contributed by atoms with E-state index < -0.39 is 10.0 Å². The topological polar surface area (TPSA) is 69.6 Å². The van der Waals surface area contributed by atoms with Crippen LogP contribution in [0.4, 0.5) is 0 Å². The van der Waals surface area contributed by atoms with Gasteiger partial charge in [0.1, 0.15) is 0 Å². The van der Waals surface area contributed by atoms with Crippen molar-refractivity contribution in [2.75, 3.05) is 13.1 Å². The summed E-state index contributed by atoms with van der Waals surface area (Å²) in [6.45, 7) is 3.38. The Morgan fingerprint density at radius 3 is 2.76 bits per heavy atom. The Labute approximate surface area is 126 Å². The highest BCUT2D eigenvalue weighted by atomic mass is 32.2. The minimum Gasteiger partial charge on any atom is -0.392 e. The second kappa shape index (κ2) is 5.68. The molecule has 1 atom stereocenters. The third-order valence-electron chi connectivity index (χ3n) is 4.46. The van der Waals surface area contributed by atoms with Crippen LogP contribution >= 0.6 is 0 Å². The molecule has 1 unspecified atom stereocenters. The van der Waals surface area contributed by atoms with Crippen LogP contribution in [-0.4, -0.2) is 43.6 Å². The summed E-state index contributed by atoms with van der Waals surface area (Å²) in [6, 6.07) is 5.70. The van der Waals surface area contributed by atoms with E-state index >= 15 is 0 Å². The van der Waals surface area contributed by atoms with E-state index in [2.05, 4.69) is 9.62 Å². The lowest BCUT2D eigenvalue weighted by molar-refractivity contribution is 0.280. The van der Waals surface area contributed by atoms with Crippen molar-refractivity contribution in [3.63, 3.8) is 0 Å². The molecule has 3 rings (SSSR count). The third-order valence-corrected chi connectivity index (χ3v) is 6.13. The van der Waals surface area contributed by atoms with Gasteiger partial charge in [0.15, 0.2) is 0 Å². The van der Waals surface area contributed by atoms with Crippen LogP contribution in [0.15, 0.2) is 23.1 Å². The lowest BCUT2D eigenvalue weighted by Gasteiger charge is -2.17. The van der Waals surface area contributed by atoms with Crippen molar-refractivity contribution in [2.24, 2.45) is 0 Å². The van der Waals surface area contributed by atoms with Crippen molar-refractivity contribution in [1.29, 1.82) is 0 Å². The van der Waals surface area contributed by atoms with E-state index in [0.29, 0.717) is 17.2 Å². The van der Waals surface area contributed by atoms with Crippen molar-refractivity contribution < 1.29 is 13.5 Å². The quantitative estimate of drug-likeness (QED) is 0.851. The first-order valence-electron chi connectivity index (χ1n) is 7.47. The van der Waals surface area contributed by atoms with Gasteiger partial charge in [0.05, 0.1) is 11.5 Å². The third kappa shape index (κ3) is 3.13. The SMILES string of the molecule is Cc1c(CO)cccc1S(=O)(=O)NC1CCN(C2CC2)C1. The van der Waals surface area contributed by atoms with E-state index in [1.165, 1.54) is 12.8 Å². The van der Waals surface area contributed by atoms with Crippen LogP contribution in [-0.2, 0) is 16.6 Å². The fourth-order valence-corrected chi connectivity index (χ4v) is 4.61. The Morgan fingerprint density at radius 2 is 2.10 bits per heavy atom. The molecule has 1 saturated heterocycles. The number of benzene rings is 1. The van der Waals surface area contributed by atoms with Crippen LogP contribution in [0.25, 0.3) is 0 Å². The summed E-state index contributed by atoms with van der Waals surface area (Å²) in [5, 5.41) is 9.27. The van der Waals surface area contributed by atoms with Crippen molar-refractivity contribution in [3.8, 4) is 0 Å². The van der Waals surface area contributed by atoms with E-state index in [1.54, 1.807) is 25.1 Å². The zero-order valence-electron chi connectivity index (χ0n) is 12.2. The van der Waals surface area contributed by atoms with Gasteiger partial charge in [0, 0.05) is 25.2 Å². The Bertz CT molecular complexity index is 626. The second-order valence-corrected chi connectivity index (χ2v) is 7.71. The van der Waals surface area contributed by atoms with Crippen LogP contribution in [0.5, 0.6) is 0 Å². The monoisotopic (exact) mass is 310 g/mol. The van der Waals surface area contributed by atoms with E-state index in [0.717, 1.165) is 19.5 Å². The molecular formula is C15H22N2O3S. The molecule has 1 saturated carbocycles. The lowest BCUT2D eigenvalue weighted by atomic mass is 10.1. The maximum absolute atomic E-state index is 12.6. The summed E-state index contributed by atoms with van der Waals surface area (Å²) in [6.07, 6.45) is 3.36. The van der Waals surface area contributed by atoms with Crippen LogP contribution in [0.2, 0.25) is 0 Å². The molecule has 0 radical (unpaired) electrons. The number of rotatable bonds is 5. The van der Waals surface area contributed by atoms with Gasteiger partial charge in [0.2, 0.25) is 10.0 Å². The van der Waals surface area contributed by atoms with E-state index in [1.807, 2.05) is 0 Å². The van der Waals surface area contributed by atoms with Crippen molar-refractivity contribution >= 4 is 10.0 Å². The molecule has 1 aromatic carbocycles. The van der Waals surface area contributed by atoms with Crippen molar-refractivity contribution in [2.45, 2.75) is 49.8 Å². The molecule has 2 N–H and O–H groups in total. The maximum Gasteiger partial charge on any atom is 0.241 e. The number of sulfonamides is 1. The zero-order valence-corrected chi connectivity index (χ0v) is 13.1. The molecule has 1 heterocycles. The predicted octanol–water partition coefficient (Wildman–Crippen LogP) is 1.00. The first kappa shape index (κ1) is 15.0. The summed E-state index contributed by atoms with van der Waals surface area (Å²) in [4.78, 5) is 2.66. The molecule has 0 aromatic heterocycles. The number of nitrogens with one attached hydrogen (secondary N) is 1. The zero-order chi connectivity index (χ0) is 15.0. The minimum absolute atomic E-state index is 0.00668. The number of hydrogen-bond acceptors (Lipinski definition) is 4. The summed E-state index contributed by atoms with van der Waals surface area (Å²) >= 11 is 0. The fraction of sp³-hybridized carbons (Fsp3) is 0.600. The molecule has 0 amide bonds. The number of nitrogens with zero attached hydrogens (tertiary/aromatic N) is 1. The lowest BCUT2D eigenvalue weighted by Crippen LogP contribution is -2.37. The maximum atomic E-state index is 12.6. The summed E-state index contributed by atoms with van der Waals surface area (Å²) in [5.74, 6) is 0. The average molecular weight is 310 g/mol. The van der Waals surface area contributed by atoms with Gasteiger partial charge >= 0.3 is 0 Å². The smallest absolute Gasteiger partial charge is 0.241 e.